The van der Waals surface area contributed by atoms with Crippen LogP contribution in [0, 0.1) is 5.82 Å². The van der Waals surface area contributed by atoms with Crippen molar-refractivity contribution in [2.75, 3.05) is 7.11 Å². The fourth-order valence-electron chi connectivity index (χ4n) is 3.65. The number of allylic oxidation sites excluding steroid dienone is 1. The molecule has 0 amide bonds. The quantitative estimate of drug-likeness (QED) is 0.463. The van der Waals surface area contributed by atoms with Crippen molar-refractivity contribution in [1.82, 2.24) is 0 Å². The van der Waals surface area contributed by atoms with Crippen molar-refractivity contribution in [1.29, 1.82) is 0 Å². The zero-order valence-corrected chi connectivity index (χ0v) is 16.0. The number of fused-ring (bicyclic) bond motifs is 2. The molecule has 3 aromatic carbocycles. The Kier molecular flexibility index (Phi) is 4.80. The van der Waals surface area contributed by atoms with E-state index in [-0.39, 0.29) is 17.1 Å². The predicted molar refractivity (Wildman–Crippen MR) is 108 cm³/mol. The number of hydrogen-bond donors (Lipinski definition) is 1. The number of carbonyl (C=O) groups excluding carboxylic acids is 1. The number of halogens is 1. The van der Waals surface area contributed by atoms with Gasteiger partial charge in [-0.05, 0) is 55.5 Å². The number of carbonyl (C=O) groups is 1. The molecule has 0 unspecified atom stereocenters. The third-order valence-corrected chi connectivity index (χ3v) is 5.02. The summed E-state index contributed by atoms with van der Waals surface area (Å²) in [7, 11) is 1.56. The zero-order chi connectivity index (χ0) is 20.5. The maximum absolute atomic E-state index is 13.3. The van der Waals surface area contributed by atoms with Crippen LogP contribution in [0.3, 0.4) is 0 Å². The lowest BCUT2D eigenvalue weighted by molar-refractivity contribution is -0.113. The van der Waals surface area contributed by atoms with Gasteiger partial charge < -0.3 is 14.6 Å². The molecule has 4 nitrogen and oxygen atoms in total. The van der Waals surface area contributed by atoms with Crippen LogP contribution in [0.5, 0.6) is 17.2 Å². The molecule has 1 aliphatic heterocycles. The largest absolute Gasteiger partial charge is 0.507 e. The number of methoxy groups -OCH3 is 1. The van der Waals surface area contributed by atoms with Gasteiger partial charge in [-0.1, -0.05) is 18.2 Å². The summed E-state index contributed by atoms with van der Waals surface area (Å²) in [6.07, 6.45) is 0. The molecule has 5 heteroatoms. The topological polar surface area (TPSA) is 55.8 Å². The Balaban J connectivity index is 1.99. The van der Waals surface area contributed by atoms with Crippen LogP contribution in [0.1, 0.15) is 29.5 Å². The molecular formula is C24H19FO4. The van der Waals surface area contributed by atoms with Gasteiger partial charge in [-0.3, -0.25) is 4.79 Å². The van der Waals surface area contributed by atoms with Gasteiger partial charge in [0.15, 0.2) is 5.78 Å². The van der Waals surface area contributed by atoms with Crippen LogP contribution in [0.25, 0.3) is 5.76 Å². The van der Waals surface area contributed by atoms with Gasteiger partial charge in [0.2, 0.25) is 0 Å². The number of Topliss-reactive ketones (excluding diaryl/α,β-unsaturated/α-hetero) is 1. The maximum atomic E-state index is 13.3. The van der Waals surface area contributed by atoms with Crippen molar-refractivity contribution in [2.24, 2.45) is 0 Å². The molecule has 4 rings (SSSR count). The minimum atomic E-state index is -0.562. The van der Waals surface area contributed by atoms with E-state index in [1.807, 2.05) is 24.3 Å². The third kappa shape index (κ3) is 3.36. The van der Waals surface area contributed by atoms with E-state index in [4.69, 9.17) is 9.47 Å². The second kappa shape index (κ2) is 7.43. The van der Waals surface area contributed by atoms with Crippen LogP contribution >= 0.6 is 0 Å². The lowest BCUT2D eigenvalue weighted by atomic mass is 9.79. The number of rotatable bonds is 4. The Morgan fingerprint density at radius 1 is 1.00 bits per heavy atom. The van der Waals surface area contributed by atoms with E-state index in [2.05, 4.69) is 0 Å². The van der Waals surface area contributed by atoms with E-state index >= 15 is 0 Å². The number of hydrogen-bond acceptors (Lipinski definition) is 4. The van der Waals surface area contributed by atoms with Gasteiger partial charge in [0.05, 0.1) is 7.11 Å². The molecule has 0 bridgehead atoms. The first-order valence-electron chi connectivity index (χ1n) is 9.14. The van der Waals surface area contributed by atoms with Gasteiger partial charge in [-0.2, -0.15) is 0 Å². The first kappa shape index (κ1) is 18.7. The zero-order valence-electron chi connectivity index (χ0n) is 16.0. The van der Waals surface area contributed by atoms with Crippen molar-refractivity contribution in [2.45, 2.75) is 12.8 Å². The summed E-state index contributed by atoms with van der Waals surface area (Å²) in [5.41, 5.74) is 2.04. The summed E-state index contributed by atoms with van der Waals surface area (Å²) < 4.78 is 24.7. The van der Waals surface area contributed by atoms with Crippen molar-refractivity contribution >= 4 is 11.5 Å². The van der Waals surface area contributed by atoms with E-state index in [1.54, 1.807) is 25.3 Å². The normalized spacial score (nSPS) is 15.5. The number of ketones is 1. The molecule has 0 fully saturated rings. The lowest BCUT2D eigenvalue weighted by Gasteiger charge is -2.30. The molecule has 29 heavy (non-hydrogen) atoms. The highest BCUT2D eigenvalue weighted by atomic mass is 19.1. The predicted octanol–water partition coefficient (Wildman–Crippen LogP) is 5.63. The number of ether oxygens (including phenoxy) is 2. The Bertz CT molecular complexity index is 1120. The van der Waals surface area contributed by atoms with Gasteiger partial charge in [0, 0.05) is 28.2 Å². The van der Waals surface area contributed by atoms with Gasteiger partial charge in [-0.15, -0.1) is 0 Å². The van der Waals surface area contributed by atoms with E-state index in [0.717, 1.165) is 5.56 Å². The first-order chi connectivity index (χ1) is 14.0. The molecule has 146 valence electrons. The number of aliphatic hydroxyl groups is 1. The second-order valence-electron chi connectivity index (χ2n) is 6.80. The number of para-hydroxylation sites is 1. The van der Waals surface area contributed by atoms with Crippen LogP contribution in [-0.4, -0.2) is 18.0 Å². The minimum Gasteiger partial charge on any atom is -0.507 e. The van der Waals surface area contributed by atoms with Crippen molar-refractivity contribution < 1.29 is 23.8 Å². The Hall–Kier alpha value is -3.60. The summed E-state index contributed by atoms with van der Waals surface area (Å²) >= 11 is 0. The fourth-order valence-corrected chi connectivity index (χ4v) is 3.65. The summed E-state index contributed by atoms with van der Waals surface area (Å²) in [4.78, 5) is 12.7. The lowest BCUT2D eigenvalue weighted by Crippen LogP contribution is -2.18. The van der Waals surface area contributed by atoms with E-state index in [0.29, 0.717) is 28.4 Å². The number of aliphatic hydroxyl groups excluding tert-OH is 1. The van der Waals surface area contributed by atoms with Crippen molar-refractivity contribution in [3.63, 3.8) is 0 Å². The summed E-state index contributed by atoms with van der Waals surface area (Å²) in [5.74, 6) is 0.349. The van der Waals surface area contributed by atoms with Gasteiger partial charge in [0.1, 0.15) is 28.8 Å². The summed E-state index contributed by atoms with van der Waals surface area (Å²) in [6, 6.07) is 18.1. The average Bonchev–Trinajstić information content (AvgIpc) is 2.73. The van der Waals surface area contributed by atoms with Gasteiger partial charge >= 0.3 is 0 Å². The van der Waals surface area contributed by atoms with Gasteiger partial charge in [0.25, 0.3) is 0 Å². The standard InChI is InChI=1S/C24H19FO4/c1-14(26)22(24(27)15-7-9-16(25)10-8-15)23-18-5-3-4-6-20(18)29-21-12-11-17(28-2)13-19(21)23/h3-13,23,27H,1-2H3/t23-/m1/s1. The van der Waals surface area contributed by atoms with Crippen molar-refractivity contribution in [3.8, 4) is 17.2 Å². The van der Waals surface area contributed by atoms with Crippen molar-refractivity contribution in [3.05, 3.63) is 94.8 Å². The van der Waals surface area contributed by atoms with Crippen LogP contribution in [0.4, 0.5) is 4.39 Å². The molecule has 1 atom stereocenters. The molecule has 1 heterocycles. The molecule has 3 aromatic rings. The van der Waals surface area contributed by atoms with Gasteiger partial charge in [-0.25, -0.2) is 4.39 Å². The van der Waals surface area contributed by atoms with E-state index in [9.17, 15) is 14.3 Å². The molecular weight excluding hydrogens is 371 g/mol. The van der Waals surface area contributed by atoms with Crippen LogP contribution in [0.2, 0.25) is 0 Å². The minimum absolute atomic E-state index is 0.187. The molecule has 0 radical (unpaired) electrons. The summed E-state index contributed by atoms with van der Waals surface area (Å²) in [5, 5.41) is 11.0. The monoisotopic (exact) mass is 390 g/mol. The Morgan fingerprint density at radius 2 is 1.69 bits per heavy atom. The van der Waals surface area contributed by atoms with E-state index in [1.165, 1.54) is 31.2 Å². The molecule has 0 aliphatic carbocycles. The molecule has 0 aromatic heterocycles. The average molecular weight is 390 g/mol. The Labute approximate surface area is 167 Å². The number of benzene rings is 3. The smallest absolute Gasteiger partial charge is 0.160 e. The first-order valence-corrected chi connectivity index (χ1v) is 9.14. The maximum Gasteiger partial charge on any atom is 0.160 e. The van der Waals surface area contributed by atoms with Crippen LogP contribution < -0.4 is 9.47 Å². The van der Waals surface area contributed by atoms with E-state index < -0.39 is 11.7 Å². The van der Waals surface area contributed by atoms with Crippen LogP contribution in [0.15, 0.2) is 72.3 Å². The highest BCUT2D eigenvalue weighted by Crippen LogP contribution is 2.49. The highest BCUT2D eigenvalue weighted by molar-refractivity contribution is 6.02. The molecule has 0 saturated carbocycles. The fraction of sp³-hybridized carbons (Fsp3) is 0.125. The molecule has 0 spiro atoms. The van der Waals surface area contributed by atoms with Crippen LogP contribution in [-0.2, 0) is 4.79 Å². The molecule has 1 aliphatic rings. The third-order valence-electron chi connectivity index (χ3n) is 5.02. The summed E-state index contributed by atoms with van der Waals surface area (Å²) in [6.45, 7) is 1.41. The molecule has 0 saturated heterocycles. The Morgan fingerprint density at radius 3 is 2.38 bits per heavy atom. The SMILES string of the molecule is COc1ccc2c(c1)[C@H](C(C(C)=O)=C(O)c1ccc(F)cc1)c1ccccc1O2. The highest BCUT2D eigenvalue weighted by Gasteiger charge is 2.34. The second-order valence-corrected chi connectivity index (χ2v) is 6.80. The molecule has 1 N–H and O–H groups in total.